The van der Waals surface area contributed by atoms with Crippen molar-refractivity contribution in [3.8, 4) is 11.5 Å². The van der Waals surface area contributed by atoms with Gasteiger partial charge in [0.25, 0.3) is 0 Å². The SMILES string of the molecule is CCOc1c(Cl)cc(CNC(=NC)NCc2ccnn2C)cc1OC.I. The first-order chi connectivity index (χ1) is 12.1. The van der Waals surface area contributed by atoms with Gasteiger partial charge in [0.2, 0.25) is 0 Å². The Morgan fingerprint density at radius 2 is 2.04 bits per heavy atom. The molecule has 0 spiro atoms. The highest BCUT2D eigenvalue weighted by atomic mass is 127. The number of nitrogens with one attached hydrogen (secondary N) is 2. The predicted molar refractivity (Wildman–Crippen MR) is 115 cm³/mol. The Hall–Kier alpha value is -1.68. The molecule has 2 N–H and O–H groups in total. The van der Waals surface area contributed by atoms with Gasteiger partial charge in [0.05, 0.1) is 31.0 Å². The van der Waals surface area contributed by atoms with E-state index < -0.39 is 0 Å². The van der Waals surface area contributed by atoms with E-state index in [9.17, 15) is 0 Å². The fraction of sp³-hybridized carbons (Fsp3) is 0.412. The summed E-state index contributed by atoms with van der Waals surface area (Å²) in [7, 11) is 5.23. The molecule has 0 saturated carbocycles. The van der Waals surface area contributed by atoms with Gasteiger partial charge in [-0.1, -0.05) is 11.6 Å². The second kappa shape index (κ2) is 11.1. The number of aromatic nitrogens is 2. The maximum Gasteiger partial charge on any atom is 0.191 e. The van der Waals surface area contributed by atoms with Crippen molar-refractivity contribution in [2.45, 2.75) is 20.0 Å². The van der Waals surface area contributed by atoms with E-state index in [1.807, 2.05) is 36.9 Å². The Kier molecular flexibility index (Phi) is 9.57. The Balaban J connectivity index is 0.00000338. The lowest BCUT2D eigenvalue weighted by molar-refractivity contribution is 0.311. The zero-order chi connectivity index (χ0) is 18.2. The van der Waals surface area contributed by atoms with E-state index in [1.165, 1.54) is 0 Å². The number of hydrogen-bond acceptors (Lipinski definition) is 4. The quantitative estimate of drug-likeness (QED) is 0.352. The first-order valence-corrected chi connectivity index (χ1v) is 8.37. The minimum atomic E-state index is 0. The van der Waals surface area contributed by atoms with Crippen LogP contribution in [0.3, 0.4) is 0 Å². The molecule has 9 heteroatoms. The standard InChI is InChI=1S/C17H24ClN5O2.HI/c1-5-25-16-14(18)8-12(9-15(16)24-4)10-20-17(19-2)21-11-13-6-7-22-23(13)3;/h6-9H,5,10-11H2,1-4H3,(H2,19,20,21);1H. The zero-order valence-electron chi connectivity index (χ0n) is 15.4. The van der Waals surface area contributed by atoms with Crippen LogP contribution in [0.1, 0.15) is 18.2 Å². The minimum Gasteiger partial charge on any atom is -0.493 e. The predicted octanol–water partition coefficient (Wildman–Crippen LogP) is 2.96. The van der Waals surface area contributed by atoms with E-state index in [1.54, 1.807) is 20.4 Å². The molecule has 7 nitrogen and oxygen atoms in total. The maximum atomic E-state index is 6.30. The van der Waals surface area contributed by atoms with Crippen LogP contribution in [0.5, 0.6) is 11.5 Å². The highest BCUT2D eigenvalue weighted by Crippen LogP contribution is 2.36. The van der Waals surface area contributed by atoms with Crippen LogP contribution in [0.4, 0.5) is 0 Å². The van der Waals surface area contributed by atoms with Gasteiger partial charge in [0.1, 0.15) is 0 Å². The summed E-state index contributed by atoms with van der Waals surface area (Å²) in [5, 5.41) is 11.2. The largest absolute Gasteiger partial charge is 0.493 e. The molecule has 2 rings (SSSR count). The molecule has 26 heavy (non-hydrogen) atoms. The van der Waals surface area contributed by atoms with Crippen LogP contribution < -0.4 is 20.1 Å². The summed E-state index contributed by atoms with van der Waals surface area (Å²) in [6, 6.07) is 5.71. The number of methoxy groups -OCH3 is 1. The van der Waals surface area contributed by atoms with E-state index >= 15 is 0 Å². The molecule has 1 heterocycles. The summed E-state index contributed by atoms with van der Waals surface area (Å²) >= 11 is 6.30. The average molecular weight is 494 g/mol. The van der Waals surface area contributed by atoms with Crippen LogP contribution in [0.2, 0.25) is 5.02 Å². The Labute approximate surface area is 176 Å². The van der Waals surface area contributed by atoms with E-state index in [0.29, 0.717) is 42.2 Å². The van der Waals surface area contributed by atoms with Gasteiger partial charge in [-0.2, -0.15) is 5.10 Å². The number of nitrogens with zero attached hydrogens (tertiary/aromatic N) is 3. The van der Waals surface area contributed by atoms with Gasteiger partial charge in [0.15, 0.2) is 17.5 Å². The molecule has 0 radical (unpaired) electrons. The minimum absolute atomic E-state index is 0. The van der Waals surface area contributed by atoms with Crippen molar-refractivity contribution >= 4 is 41.5 Å². The third kappa shape index (κ3) is 5.94. The molecule has 0 amide bonds. The zero-order valence-corrected chi connectivity index (χ0v) is 18.5. The van der Waals surface area contributed by atoms with Gasteiger partial charge in [-0.3, -0.25) is 9.67 Å². The molecule has 0 atom stereocenters. The lowest BCUT2D eigenvalue weighted by atomic mass is 10.2. The fourth-order valence-electron chi connectivity index (χ4n) is 2.32. The number of rotatable bonds is 7. The summed E-state index contributed by atoms with van der Waals surface area (Å²) < 4.78 is 12.7. The second-order valence-corrected chi connectivity index (χ2v) is 5.67. The van der Waals surface area contributed by atoms with Gasteiger partial charge in [-0.05, 0) is 30.7 Å². The maximum absolute atomic E-state index is 6.30. The molecule has 0 bridgehead atoms. The summed E-state index contributed by atoms with van der Waals surface area (Å²) in [6.45, 7) is 3.61. The topological polar surface area (TPSA) is 72.7 Å². The van der Waals surface area contributed by atoms with Crippen LogP contribution >= 0.6 is 35.6 Å². The summed E-state index contributed by atoms with van der Waals surface area (Å²) in [5.74, 6) is 1.86. The van der Waals surface area contributed by atoms with Gasteiger partial charge < -0.3 is 20.1 Å². The molecule has 0 aliphatic carbocycles. The van der Waals surface area contributed by atoms with Crippen molar-refractivity contribution in [2.24, 2.45) is 12.0 Å². The normalized spacial score (nSPS) is 10.9. The number of benzene rings is 1. The van der Waals surface area contributed by atoms with Crippen molar-refractivity contribution in [1.82, 2.24) is 20.4 Å². The molecule has 0 fully saturated rings. The number of aryl methyl sites for hydroxylation is 1. The van der Waals surface area contributed by atoms with Crippen LogP contribution in [-0.2, 0) is 20.1 Å². The van der Waals surface area contributed by atoms with E-state index in [-0.39, 0.29) is 24.0 Å². The van der Waals surface area contributed by atoms with Crippen LogP contribution in [0, 0.1) is 0 Å². The number of aliphatic imine (C=N–C) groups is 1. The van der Waals surface area contributed by atoms with Crippen molar-refractivity contribution in [1.29, 1.82) is 0 Å². The third-order valence-corrected chi connectivity index (χ3v) is 3.90. The Bertz CT molecular complexity index is 736. The van der Waals surface area contributed by atoms with Crippen molar-refractivity contribution in [3.63, 3.8) is 0 Å². The highest BCUT2D eigenvalue weighted by molar-refractivity contribution is 14.0. The Morgan fingerprint density at radius 1 is 1.31 bits per heavy atom. The Morgan fingerprint density at radius 3 is 2.62 bits per heavy atom. The first kappa shape index (κ1) is 22.4. The van der Waals surface area contributed by atoms with E-state index in [4.69, 9.17) is 21.1 Å². The van der Waals surface area contributed by atoms with Crippen LogP contribution in [0.15, 0.2) is 29.4 Å². The summed E-state index contributed by atoms with van der Waals surface area (Å²) in [6.07, 6.45) is 1.77. The molecule has 0 unspecified atom stereocenters. The second-order valence-electron chi connectivity index (χ2n) is 5.27. The smallest absolute Gasteiger partial charge is 0.191 e. The summed E-state index contributed by atoms with van der Waals surface area (Å²) in [4.78, 5) is 4.22. The van der Waals surface area contributed by atoms with Gasteiger partial charge in [0, 0.05) is 26.8 Å². The van der Waals surface area contributed by atoms with Gasteiger partial charge in [-0.15, -0.1) is 24.0 Å². The fourth-order valence-corrected chi connectivity index (χ4v) is 2.60. The number of halogens is 2. The van der Waals surface area contributed by atoms with Crippen molar-refractivity contribution in [2.75, 3.05) is 20.8 Å². The van der Waals surface area contributed by atoms with Crippen LogP contribution in [-0.4, -0.2) is 36.5 Å². The molecule has 1 aromatic heterocycles. The molecular weight excluding hydrogens is 469 g/mol. The average Bonchev–Trinajstić information content (AvgIpc) is 3.02. The molecule has 2 aromatic rings. The lowest BCUT2D eigenvalue weighted by Crippen LogP contribution is -2.36. The van der Waals surface area contributed by atoms with E-state index in [0.717, 1.165) is 11.3 Å². The monoisotopic (exact) mass is 493 g/mol. The molecule has 144 valence electrons. The van der Waals surface area contributed by atoms with Crippen LogP contribution in [0.25, 0.3) is 0 Å². The van der Waals surface area contributed by atoms with Crippen molar-refractivity contribution < 1.29 is 9.47 Å². The van der Waals surface area contributed by atoms with Gasteiger partial charge in [-0.25, -0.2) is 0 Å². The number of ether oxygens (including phenoxy) is 2. The number of hydrogen-bond donors (Lipinski definition) is 2. The highest BCUT2D eigenvalue weighted by Gasteiger charge is 2.12. The molecule has 0 aliphatic heterocycles. The van der Waals surface area contributed by atoms with Gasteiger partial charge >= 0.3 is 0 Å². The third-order valence-electron chi connectivity index (χ3n) is 3.62. The van der Waals surface area contributed by atoms with E-state index in [2.05, 4.69) is 20.7 Å². The molecule has 1 aromatic carbocycles. The van der Waals surface area contributed by atoms with Crippen molar-refractivity contribution in [3.05, 3.63) is 40.7 Å². The lowest BCUT2D eigenvalue weighted by Gasteiger charge is -2.15. The molecular formula is C17H25ClIN5O2. The molecule has 0 saturated heterocycles. The summed E-state index contributed by atoms with van der Waals surface area (Å²) in [5.41, 5.74) is 2.03. The number of guanidine groups is 1. The first-order valence-electron chi connectivity index (χ1n) is 7.99. The molecule has 0 aliphatic rings.